The highest BCUT2D eigenvalue weighted by molar-refractivity contribution is 6.30. The second-order valence-electron chi connectivity index (χ2n) is 3.07. The fraction of sp³-hybridized carbons (Fsp3) is 0.333. The van der Waals surface area contributed by atoms with Crippen LogP contribution in [0.15, 0.2) is 18.2 Å². The molecule has 0 fully saturated rings. The Balaban J connectivity index is 3.27. The molecule has 1 aromatic carbocycles. The van der Waals surface area contributed by atoms with Gasteiger partial charge in [0.25, 0.3) is 0 Å². The minimum absolute atomic E-state index is 0.0234. The first-order valence-electron chi connectivity index (χ1n) is 4.18. The lowest BCUT2D eigenvalue weighted by molar-refractivity contribution is -0.138. The molecule has 1 aromatic rings. The Labute approximate surface area is 90.0 Å². The van der Waals surface area contributed by atoms with Crippen molar-refractivity contribution in [2.24, 2.45) is 11.5 Å². The first kappa shape index (κ1) is 12.3. The van der Waals surface area contributed by atoms with Gasteiger partial charge in [-0.3, -0.25) is 0 Å². The van der Waals surface area contributed by atoms with Crippen LogP contribution in [0.1, 0.15) is 17.2 Å². The Hall–Kier alpha value is -0.780. The smallest absolute Gasteiger partial charge is 0.329 e. The van der Waals surface area contributed by atoms with E-state index in [1.54, 1.807) is 0 Å². The van der Waals surface area contributed by atoms with E-state index in [2.05, 4.69) is 0 Å². The van der Waals surface area contributed by atoms with Crippen molar-refractivity contribution in [3.05, 3.63) is 34.3 Å². The molecule has 0 bridgehead atoms. The van der Waals surface area contributed by atoms with Crippen molar-refractivity contribution < 1.29 is 13.2 Å². The maximum atomic E-state index is 12.6. The third-order valence-electron chi connectivity index (χ3n) is 1.97. The van der Waals surface area contributed by atoms with Gasteiger partial charge in [-0.1, -0.05) is 17.7 Å². The summed E-state index contributed by atoms with van der Waals surface area (Å²) >= 11 is 5.50. The predicted octanol–water partition coefficient (Wildman–Crippen LogP) is 2.32. The molecule has 0 aliphatic rings. The standard InChI is InChI=1S/C9H10ClF3N2/c10-5-1-2-6(8(15)4-14)7(3-5)9(11,12)13/h1-3,8H,4,14-15H2/t8-/m0/s1. The van der Waals surface area contributed by atoms with E-state index in [-0.39, 0.29) is 17.1 Å². The quantitative estimate of drug-likeness (QED) is 0.831. The van der Waals surface area contributed by atoms with Crippen LogP contribution in [0.5, 0.6) is 0 Å². The summed E-state index contributed by atoms with van der Waals surface area (Å²) < 4.78 is 37.7. The minimum atomic E-state index is -4.47. The van der Waals surface area contributed by atoms with Gasteiger partial charge in [-0.2, -0.15) is 13.2 Å². The van der Waals surface area contributed by atoms with Crippen LogP contribution in [0.25, 0.3) is 0 Å². The van der Waals surface area contributed by atoms with E-state index in [0.717, 1.165) is 6.07 Å². The van der Waals surface area contributed by atoms with Gasteiger partial charge in [0.05, 0.1) is 5.56 Å². The monoisotopic (exact) mass is 238 g/mol. The molecule has 0 saturated heterocycles. The highest BCUT2D eigenvalue weighted by Gasteiger charge is 2.34. The van der Waals surface area contributed by atoms with Crippen LogP contribution in [0.2, 0.25) is 5.02 Å². The molecule has 15 heavy (non-hydrogen) atoms. The lowest BCUT2D eigenvalue weighted by atomic mass is 10.0. The van der Waals surface area contributed by atoms with Crippen LogP contribution in [0.3, 0.4) is 0 Å². The summed E-state index contributed by atoms with van der Waals surface area (Å²) in [6, 6.07) is 2.63. The molecule has 0 spiro atoms. The molecule has 84 valence electrons. The van der Waals surface area contributed by atoms with Gasteiger partial charge in [-0.25, -0.2) is 0 Å². The van der Waals surface area contributed by atoms with Gasteiger partial charge in [0.1, 0.15) is 0 Å². The number of hydrogen-bond donors (Lipinski definition) is 2. The lowest BCUT2D eigenvalue weighted by Gasteiger charge is -2.17. The van der Waals surface area contributed by atoms with Crippen LogP contribution in [0, 0.1) is 0 Å². The molecule has 0 radical (unpaired) electrons. The molecular weight excluding hydrogens is 229 g/mol. The predicted molar refractivity (Wildman–Crippen MR) is 52.4 cm³/mol. The van der Waals surface area contributed by atoms with Gasteiger partial charge in [-0.15, -0.1) is 0 Å². The van der Waals surface area contributed by atoms with Gasteiger partial charge in [0, 0.05) is 17.6 Å². The highest BCUT2D eigenvalue weighted by Crippen LogP contribution is 2.35. The summed E-state index contributed by atoms with van der Waals surface area (Å²) in [4.78, 5) is 0. The maximum absolute atomic E-state index is 12.6. The van der Waals surface area contributed by atoms with Crippen molar-refractivity contribution in [2.75, 3.05) is 6.54 Å². The second-order valence-corrected chi connectivity index (χ2v) is 3.51. The van der Waals surface area contributed by atoms with Crippen molar-refractivity contribution in [1.82, 2.24) is 0 Å². The minimum Gasteiger partial charge on any atom is -0.329 e. The third kappa shape index (κ3) is 2.84. The number of alkyl halides is 3. The highest BCUT2D eigenvalue weighted by atomic mass is 35.5. The molecule has 2 nitrogen and oxygen atoms in total. The molecule has 0 aromatic heterocycles. The average Bonchev–Trinajstić information content (AvgIpc) is 2.15. The van der Waals surface area contributed by atoms with E-state index in [0.29, 0.717) is 0 Å². The van der Waals surface area contributed by atoms with Crippen molar-refractivity contribution in [1.29, 1.82) is 0 Å². The average molecular weight is 239 g/mol. The molecule has 1 rings (SSSR count). The van der Waals surface area contributed by atoms with Crippen LogP contribution in [-0.2, 0) is 6.18 Å². The topological polar surface area (TPSA) is 52.0 Å². The molecule has 0 amide bonds. The number of rotatable bonds is 2. The number of nitrogens with two attached hydrogens (primary N) is 2. The van der Waals surface area contributed by atoms with Crippen molar-refractivity contribution in [3.63, 3.8) is 0 Å². The summed E-state index contributed by atoms with van der Waals surface area (Å²) in [7, 11) is 0. The molecule has 1 atom stereocenters. The van der Waals surface area contributed by atoms with Crippen LogP contribution in [-0.4, -0.2) is 6.54 Å². The lowest BCUT2D eigenvalue weighted by Crippen LogP contribution is -2.24. The third-order valence-corrected chi connectivity index (χ3v) is 2.21. The molecular formula is C9H10ClF3N2. The van der Waals surface area contributed by atoms with E-state index < -0.39 is 17.8 Å². The summed E-state index contributed by atoms with van der Waals surface area (Å²) in [5, 5.41) is 0.0234. The summed E-state index contributed by atoms with van der Waals surface area (Å²) in [6.45, 7) is -0.0509. The number of halogens is 4. The molecule has 4 N–H and O–H groups in total. The van der Waals surface area contributed by atoms with E-state index >= 15 is 0 Å². The number of hydrogen-bond acceptors (Lipinski definition) is 2. The molecule has 6 heteroatoms. The fourth-order valence-electron chi connectivity index (χ4n) is 1.22. The van der Waals surface area contributed by atoms with E-state index in [1.807, 2.05) is 0 Å². The zero-order valence-corrected chi connectivity index (χ0v) is 8.44. The van der Waals surface area contributed by atoms with Gasteiger partial charge in [0.2, 0.25) is 0 Å². The van der Waals surface area contributed by atoms with Gasteiger partial charge < -0.3 is 11.5 Å². The number of benzene rings is 1. The second kappa shape index (κ2) is 4.38. The zero-order valence-electron chi connectivity index (χ0n) is 7.68. The van der Waals surface area contributed by atoms with Gasteiger partial charge in [-0.05, 0) is 17.7 Å². The summed E-state index contributed by atoms with van der Waals surface area (Å²) in [5.74, 6) is 0. The molecule has 0 aliphatic heterocycles. The molecule has 0 saturated carbocycles. The largest absolute Gasteiger partial charge is 0.416 e. The Bertz CT molecular complexity index is 352. The Morgan fingerprint density at radius 3 is 2.40 bits per heavy atom. The van der Waals surface area contributed by atoms with Crippen LogP contribution >= 0.6 is 11.6 Å². The van der Waals surface area contributed by atoms with Crippen molar-refractivity contribution in [3.8, 4) is 0 Å². The summed E-state index contributed by atoms with van der Waals surface area (Å²) in [6.07, 6.45) is -4.47. The van der Waals surface area contributed by atoms with Crippen LogP contribution < -0.4 is 11.5 Å². The van der Waals surface area contributed by atoms with Gasteiger partial charge >= 0.3 is 6.18 Å². The fourth-order valence-corrected chi connectivity index (χ4v) is 1.40. The van der Waals surface area contributed by atoms with E-state index in [1.165, 1.54) is 12.1 Å². The van der Waals surface area contributed by atoms with Crippen molar-refractivity contribution in [2.45, 2.75) is 12.2 Å². The SMILES string of the molecule is NC[C@H](N)c1ccc(Cl)cc1C(F)(F)F. The van der Waals surface area contributed by atoms with E-state index in [4.69, 9.17) is 23.1 Å². The molecule has 0 aliphatic carbocycles. The first-order chi connectivity index (χ1) is 6.86. The zero-order chi connectivity index (χ0) is 11.6. The maximum Gasteiger partial charge on any atom is 0.416 e. The summed E-state index contributed by atoms with van der Waals surface area (Å²) in [5.41, 5.74) is 9.84. The normalized spacial score (nSPS) is 14.0. The van der Waals surface area contributed by atoms with E-state index in [9.17, 15) is 13.2 Å². The molecule has 0 unspecified atom stereocenters. The van der Waals surface area contributed by atoms with Gasteiger partial charge in [0.15, 0.2) is 0 Å². The first-order valence-corrected chi connectivity index (χ1v) is 4.56. The Morgan fingerprint density at radius 1 is 1.33 bits per heavy atom. The van der Waals surface area contributed by atoms with Crippen LogP contribution in [0.4, 0.5) is 13.2 Å². The Morgan fingerprint density at radius 2 is 1.93 bits per heavy atom. The molecule has 0 heterocycles. The van der Waals surface area contributed by atoms with Crippen molar-refractivity contribution >= 4 is 11.6 Å². The Kier molecular flexibility index (Phi) is 3.59.